The minimum Gasteiger partial charge on any atom is -0.396 e. The summed E-state index contributed by atoms with van der Waals surface area (Å²) >= 11 is 0. The van der Waals surface area contributed by atoms with E-state index >= 15 is 0 Å². The summed E-state index contributed by atoms with van der Waals surface area (Å²) in [6.45, 7) is 6.05. The second-order valence-corrected chi connectivity index (χ2v) is 9.98. The first-order chi connectivity index (χ1) is 11.1. The van der Waals surface area contributed by atoms with Crippen molar-refractivity contribution in [3.05, 3.63) is 0 Å². The van der Waals surface area contributed by atoms with Gasteiger partial charge < -0.3 is 15.3 Å². The summed E-state index contributed by atoms with van der Waals surface area (Å²) in [4.78, 5) is 13.2. The Hall–Kier alpha value is -0.450. The summed E-state index contributed by atoms with van der Waals surface area (Å²) in [6.07, 6.45) is 5.59. The molecule has 4 rings (SSSR count). The second kappa shape index (κ2) is 4.83. The lowest BCUT2D eigenvalue weighted by molar-refractivity contribution is -0.197. The van der Waals surface area contributed by atoms with Gasteiger partial charge in [-0.15, -0.1) is 0 Å². The van der Waals surface area contributed by atoms with Crippen LogP contribution in [-0.2, 0) is 4.79 Å². The van der Waals surface area contributed by atoms with Crippen LogP contribution >= 0.6 is 0 Å². The molecule has 4 fully saturated rings. The molecule has 0 saturated heterocycles. The van der Waals surface area contributed by atoms with E-state index in [9.17, 15) is 20.1 Å². The lowest BCUT2D eigenvalue weighted by Gasteiger charge is -2.64. The molecule has 2 bridgehead atoms. The van der Waals surface area contributed by atoms with E-state index in [1.807, 2.05) is 6.92 Å². The molecule has 0 aromatic heterocycles. The molecule has 3 N–H and O–H groups in total. The zero-order valence-corrected chi connectivity index (χ0v) is 15.2. The Labute approximate surface area is 144 Å². The van der Waals surface area contributed by atoms with Crippen LogP contribution in [0.15, 0.2) is 0 Å². The van der Waals surface area contributed by atoms with Gasteiger partial charge in [-0.25, -0.2) is 0 Å². The Morgan fingerprint density at radius 3 is 2.42 bits per heavy atom. The Balaban J connectivity index is 1.78. The Morgan fingerprint density at radius 1 is 1.04 bits per heavy atom. The molecule has 0 heterocycles. The third kappa shape index (κ3) is 1.73. The molecule has 4 saturated carbocycles. The number of rotatable bonds is 1. The summed E-state index contributed by atoms with van der Waals surface area (Å²) in [5, 5.41) is 31.5. The molecule has 0 unspecified atom stereocenters. The molecule has 0 aromatic rings. The highest BCUT2D eigenvalue weighted by molar-refractivity contribution is 5.95. The zero-order valence-electron chi connectivity index (χ0n) is 15.2. The number of carbonyl (C=O) groups excluding carboxylic acids is 1. The third-order valence-corrected chi connectivity index (χ3v) is 9.11. The molecule has 4 heteroatoms. The first kappa shape index (κ1) is 17.0. The smallest absolute Gasteiger partial charge is 0.170 e. The predicted octanol–water partition coefficient (Wildman–Crippen LogP) is 2.29. The average molecular weight is 336 g/mol. The van der Waals surface area contributed by atoms with Gasteiger partial charge in [0.1, 0.15) is 5.60 Å². The standard InChI is InChI=1S/C20H32O4/c1-17-8-7-15(22)18(2,11-21)13(17)6-9-20-10-12(4-5-14(17)20)19(3,24)16(20)23/h12-15,21-22,24H,4-11H2,1-3H3/t12-,13+,14+,15-,17-,18+,19+,20-/m1/s1. The van der Waals surface area contributed by atoms with E-state index in [1.54, 1.807) is 6.92 Å². The van der Waals surface area contributed by atoms with Crippen LogP contribution in [0.3, 0.4) is 0 Å². The maximum absolute atomic E-state index is 13.2. The van der Waals surface area contributed by atoms with Crippen LogP contribution in [0.5, 0.6) is 0 Å². The van der Waals surface area contributed by atoms with Crippen molar-refractivity contribution in [3.63, 3.8) is 0 Å². The predicted molar refractivity (Wildman–Crippen MR) is 90.2 cm³/mol. The van der Waals surface area contributed by atoms with Crippen molar-refractivity contribution < 1.29 is 20.1 Å². The van der Waals surface area contributed by atoms with Gasteiger partial charge in [0.25, 0.3) is 0 Å². The molecule has 0 amide bonds. The Kier molecular flexibility index (Phi) is 3.42. The van der Waals surface area contributed by atoms with Crippen molar-refractivity contribution in [2.45, 2.75) is 77.4 Å². The SMILES string of the molecule is C[C@]1(CO)[C@H]2CC[C@@]34C[C@@H](CC[C@H]3[C@]2(C)CC[C@H]1O)[C@](C)(O)C4=O. The summed E-state index contributed by atoms with van der Waals surface area (Å²) < 4.78 is 0. The van der Waals surface area contributed by atoms with E-state index in [0.717, 1.165) is 38.5 Å². The maximum Gasteiger partial charge on any atom is 0.170 e. The van der Waals surface area contributed by atoms with Gasteiger partial charge in [0.05, 0.1) is 12.7 Å². The second-order valence-electron chi connectivity index (χ2n) is 9.98. The molecule has 0 aromatic carbocycles. The summed E-state index contributed by atoms with van der Waals surface area (Å²) in [7, 11) is 0. The fourth-order valence-corrected chi connectivity index (χ4v) is 7.73. The van der Waals surface area contributed by atoms with Gasteiger partial charge in [-0.3, -0.25) is 4.79 Å². The van der Waals surface area contributed by atoms with Crippen LogP contribution < -0.4 is 0 Å². The summed E-state index contributed by atoms with van der Waals surface area (Å²) in [5.74, 6) is 0.711. The molecule has 1 spiro atoms. The monoisotopic (exact) mass is 336 g/mol. The van der Waals surface area contributed by atoms with E-state index in [2.05, 4.69) is 6.92 Å². The van der Waals surface area contributed by atoms with Crippen molar-refractivity contribution in [1.29, 1.82) is 0 Å². The van der Waals surface area contributed by atoms with Crippen molar-refractivity contribution >= 4 is 5.78 Å². The normalized spacial score (nSPS) is 59.8. The molecule has 4 nitrogen and oxygen atoms in total. The number of aliphatic hydroxyl groups excluding tert-OH is 2. The van der Waals surface area contributed by atoms with Gasteiger partial charge in [0, 0.05) is 10.8 Å². The van der Waals surface area contributed by atoms with E-state index in [0.29, 0.717) is 6.42 Å². The van der Waals surface area contributed by atoms with Crippen LogP contribution in [0.4, 0.5) is 0 Å². The van der Waals surface area contributed by atoms with E-state index in [4.69, 9.17) is 0 Å². The first-order valence-electron chi connectivity index (χ1n) is 9.69. The minimum atomic E-state index is -1.16. The van der Waals surface area contributed by atoms with Crippen LogP contribution in [0, 0.1) is 34.0 Å². The van der Waals surface area contributed by atoms with Crippen molar-refractivity contribution in [2.24, 2.45) is 34.0 Å². The fourth-order valence-electron chi connectivity index (χ4n) is 7.73. The molecule has 4 aliphatic rings. The summed E-state index contributed by atoms with van der Waals surface area (Å²) in [6, 6.07) is 0. The third-order valence-electron chi connectivity index (χ3n) is 9.11. The van der Waals surface area contributed by atoms with E-state index in [-0.39, 0.29) is 41.0 Å². The van der Waals surface area contributed by atoms with Crippen molar-refractivity contribution in [3.8, 4) is 0 Å². The van der Waals surface area contributed by atoms with Crippen molar-refractivity contribution in [1.82, 2.24) is 0 Å². The number of hydrogen-bond donors (Lipinski definition) is 3. The molecular weight excluding hydrogens is 304 g/mol. The van der Waals surface area contributed by atoms with Crippen molar-refractivity contribution in [2.75, 3.05) is 6.61 Å². The topological polar surface area (TPSA) is 77.8 Å². The maximum atomic E-state index is 13.2. The number of aliphatic hydroxyl groups is 3. The molecule has 24 heavy (non-hydrogen) atoms. The average Bonchev–Trinajstić information content (AvgIpc) is 2.69. The van der Waals surface area contributed by atoms with Crippen LogP contribution in [0.1, 0.15) is 65.7 Å². The molecule has 8 atom stereocenters. The molecular formula is C20H32O4. The summed E-state index contributed by atoms with van der Waals surface area (Å²) in [5.41, 5.74) is -2.03. The molecule has 4 aliphatic carbocycles. The number of hydrogen-bond acceptors (Lipinski definition) is 4. The lowest BCUT2D eigenvalue weighted by Crippen LogP contribution is -2.62. The minimum absolute atomic E-state index is 0.00241. The van der Waals surface area contributed by atoms with Gasteiger partial charge in [-0.05, 0) is 75.0 Å². The van der Waals surface area contributed by atoms with Gasteiger partial charge >= 0.3 is 0 Å². The lowest BCUT2D eigenvalue weighted by atomic mass is 9.40. The van der Waals surface area contributed by atoms with Crippen LogP contribution in [-0.4, -0.2) is 39.4 Å². The highest BCUT2D eigenvalue weighted by atomic mass is 16.3. The Bertz CT molecular complexity index is 572. The number of ketones is 1. The van der Waals surface area contributed by atoms with Gasteiger partial charge in [-0.1, -0.05) is 13.8 Å². The van der Waals surface area contributed by atoms with E-state index in [1.165, 1.54) is 0 Å². The quantitative estimate of drug-likeness (QED) is 0.686. The molecule has 0 radical (unpaired) electrons. The van der Waals surface area contributed by atoms with Gasteiger partial charge in [-0.2, -0.15) is 0 Å². The zero-order chi connectivity index (χ0) is 17.5. The fraction of sp³-hybridized carbons (Fsp3) is 0.950. The largest absolute Gasteiger partial charge is 0.396 e. The number of fused-ring (bicyclic) bond motifs is 3. The van der Waals surface area contributed by atoms with Gasteiger partial charge in [0.2, 0.25) is 0 Å². The first-order valence-corrected chi connectivity index (χ1v) is 9.69. The molecule has 136 valence electrons. The highest BCUT2D eigenvalue weighted by Crippen LogP contribution is 2.71. The van der Waals surface area contributed by atoms with Gasteiger partial charge in [0.15, 0.2) is 5.78 Å². The Morgan fingerprint density at radius 2 is 1.75 bits per heavy atom. The molecule has 0 aliphatic heterocycles. The van der Waals surface area contributed by atoms with Crippen LogP contribution in [0.25, 0.3) is 0 Å². The highest BCUT2D eigenvalue weighted by Gasteiger charge is 2.71. The van der Waals surface area contributed by atoms with Crippen LogP contribution in [0.2, 0.25) is 0 Å². The number of carbonyl (C=O) groups is 1. The number of Topliss-reactive ketones (excluding diaryl/α,β-unsaturated/α-hetero) is 1. The van der Waals surface area contributed by atoms with E-state index < -0.39 is 17.1 Å².